The maximum absolute atomic E-state index is 12.8. The number of esters is 1. The molecule has 0 saturated carbocycles. The molecule has 0 radical (unpaired) electrons. The zero-order chi connectivity index (χ0) is 23.8. The molecule has 1 aliphatic rings. The van der Waals surface area contributed by atoms with Gasteiger partial charge in [0.2, 0.25) is 10.0 Å². The Hall–Kier alpha value is -2.92. The van der Waals surface area contributed by atoms with Crippen LogP contribution < -0.4 is 10.1 Å². The van der Waals surface area contributed by atoms with Crippen molar-refractivity contribution >= 4 is 45.3 Å². The van der Waals surface area contributed by atoms with Gasteiger partial charge in [0.15, 0.2) is 6.61 Å². The molecule has 3 rings (SSSR count). The quantitative estimate of drug-likeness (QED) is 0.443. The van der Waals surface area contributed by atoms with Crippen LogP contribution in [0, 0.1) is 0 Å². The maximum atomic E-state index is 12.8. The minimum atomic E-state index is -3.76. The first-order valence-corrected chi connectivity index (χ1v) is 11.8. The van der Waals surface area contributed by atoms with Crippen molar-refractivity contribution in [3.8, 4) is 5.75 Å². The average molecular weight is 495 g/mol. The maximum Gasteiger partial charge on any atom is 0.331 e. The minimum Gasteiger partial charge on any atom is -0.496 e. The number of carbonyl (C=O) groups excluding carboxylic acids is 2. The summed E-state index contributed by atoms with van der Waals surface area (Å²) >= 11 is 6.11. The van der Waals surface area contributed by atoms with Crippen LogP contribution in [0.1, 0.15) is 5.56 Å². The molecule has 0 aromatic heterocycles. The van der Waals surface area contributed by atoms with Gasteiger partial charge < -0.3 is 19.5 Å². The van der Waals surface area contributed by atoms with Crippen LogP contribution in [0.15, 0.2) is 53.4 Å². The van der Waals surface area contributed by atoms with E-state index in [0.717, 1.165) is 0 Å². The Morgan fingerprint density at radius 1 is 1.18 bits per heavy atom. The van der Waals surface area contributed by atoms with Gasteiger partial charge in [-0.2, -0.15) is 4.31 Å². The molecule has 1 fully saturated rings. The number of carbonyl (C=O) groups is 2. The molecule has 1 saturated heterocycles. The van der Waals surface area contributed by atoms with Crippen LogP contribution in [0.4, 0.5) is 5.69 Å². The first-order valence-electron chi connectivity index (χ1n) is 9.96. The van der Waals surface area contributed by atoms with Crippen molar-refractivity contribution in [2.75, 3.05) is 45.3 Å². The molecule has 0 spiro atoms. The first-order chi connectivity index (χ1) is 15.8. The molecule has 0 unspecified atom stereocenters. The Kier molecular flexibility index (Phi) is 8.45. The fourth-order valence-corrected chi connectivity index (χ4v) is 4.63. The lowest BCUT2D eigenvalue weighted by atomic mass is 10.2. The van der Waals surface area contributed by atoms with Crippen molar-refractivity contribution in [2.45, 2.75) is 4.90 Å². The third-order valence-corrected chi connectivity index (χ3v) is 6.93. The lowest BCUT2D eigenvalue weighted by Crippen LogP contribution is -2.40. The number of para-hydroxylation sites is 1. The second kappa shape index (κ2) is 11.3. The van der Waals surface area contributed by atoms with Gasteiger partial charge in [0.25, 0.3) is 5.91 Å². The van der Waals surface area contributed by atoms with Gasteiger partial charge >= 0.3 is 5.97 Å². The molecule has 2 aromatic carbocycles. The summed E-state index contributed by atoms with van der Waals surface area (Å²) in [6, 6.07) is 11.1. The van der Waals surface area contributed by atoms with Crippen molar-refractivity contribution < 1.29 is 32.2 Å². The molecule has 11 heteroatoms. The lowest BCUT2D eigenvalue weighted by molar-refractivity contribution is -0.142. The fraction of sp³-hybridized carbons (Fsp3) is 0.273. The summed E-state index contributed by atoms with van der Waals surface area (Å²) in [7, 11) is -2.25. The van der Waals surface area contributed by atoms with E-state index in [4.69, 9.17) is 25.8 Å². The van der Waals surface area contributed by atoms with Crippen LogP contribution in [-0.4, -0.2) is 64.6 Å². The van der Waals surface area contributed by atoms with E-state index in [-0.39, 0.29) is 28.7 Å². The van der Waals surface area contributed by atoms with Crippen molar-refractivity contribution in [3.63, 3.8) is 0 Å². The molecular weight excluding hydrogens is 472 g/mol. The Morgan fingerprint density at radius 3 is 2.64 bits per heavy atom. The smallest absolute Gasteiger partial charge is 0.331 e. The van der Waals surface area contributed by atoms with E-state index in [0.29, 0.717) is 24.5 Å². The molecule has 0 aliphatic carbocycles. The highest BCUT2D eigenvalue weighted by Crippen LogP contribution is 2.27. The third-order valence-electron chi connectivity index (χ3n) is 4.70. The highest BCUT2D eigenvalue weighted by molar-refractivity contribution is 7.89. The van der Waals surface area contributed by atoms with Crippen LogP contribution in [-0.2, 0) is 29.1 Å². The van der Waals surface area contributed by atoms with Gasteiger partial charge in [-0.05, 0) is 30.3 Å². The van der Waals surface area contributed by atoms with E-state index in [2.05, 4.69) is 5.32 Å². The third kappa shape index (κ3) is 6.55. The van der Waals surface area contributed by atoms with Crippen molar-refractivity contribution in [2.24, 2.45) is 0 Å². The Labute approximate surface area is 196 Å². The van der Waals surface area contributed by atoms with Gasteiger partial charge in [0, 0.05) is 24.7 Å². The van der Waals surface area contributed by atoms with Gasteiger partial charge in [0.05, 0.1) is 35.9 Å². The highest BCUT2D eigenvalue weighted by Gasteiger charge is 2.27. The number of nitrogens with zero attached hydrogens (tertiary/aromatic N) is 1. The summed E-state index contributed by atoms with van der Waals surface area (Å²) in [5.74, 6) is -0.816. The van der Waals surface area contributed by atoms with Crippen molar-refractivity contribution in [1.29, 1.82) is 0 Å². The molecule has 1 aliphatic heterocycles. The monoisotopic (exact) mass is 494 g/mol. The molecule has 1 amide bonds. The summed E-state index contributed by atoms with van der Waals surface area (Å²) in [5, 5.41) is 2.62. The van der Waals surface area contributed by atoms with Gasteiger partial charge in [-0.3, -0.25) is 4.79 Å². The summed E-state index contributed by atoms with van der Waals surface area (Å²) in [5.41, 5.74) is 0.767. The number of benzene rings is 2. The van der Waals surface area contributed by atoms with Crippen molar-refractivity contribution in [3.05, 3.63) is 59.1 Å². The second-order valence-electron chi connectivity index (χ2n) is 6.89. The molecule has 176 valence electrons. The van der Waals surface area contributed by atoms with E-state index in [1.807, 2.05) is 0 Å². The number of rotatable bonds is 8. The number of morpholine rings is 1. The van der Waals surface area contributed by atoms with Crippen LogP contribution in [0.3, 0.4) is 0 Å². The number of sulfonamides is 1. The summed E-state index contributed by atoms with van der Waals surface area (Å²) in [6.07, 6.45) is 2.68. The number of hydrogen-bond donors (Lipinski definition) is 1. The van der Waals surface area contributed by atoms with Gasteiger partial charge in [-0.1, -0.05) is 29.8 Å². The number of hydrogen-bond acceptors (Lipinski definition) is 7. The predicted molar refractivity (Wildman–Crippen MR) is 123 cm³/mol. The molecule has 0 atom stereocenters. The van der Waals surface area contributed by atoms with E-state index in [9.17, 15) is 18.0 Å². The van der Waals surface area contributed by atoms with Gasteiger partial charge in [-0.25, -0.2) is 13.2 Å². The molecule has 9 nitrogen and oxygen atoms in total. The summed E-state index contributed by atoms with van der Waals surface area (Å²) in [4.78, 5) is 24.2. The van der Waals surface area contributed by atoms with E-state index < -0.39 is 28.5 Å². The molecule has 0 bridgehead atoms. The normalized spacial score (nSPS) is 14.7. The molecule has 33 heavy (non-hydrogen) atoms. The van der Waals surface area contributed by atoms with Crippen LogP contribution in [0.2, 0.25) is 5.02 Å². The number of anilines is 1. The summed E-state index contributed by atoms with van der Waals surface area (Å²) < 4.78 is 42.3. The van der Waals surface area contributed by atoms with E-state index in [1.165, 1.54) is 41.8 Å². The zero-order valence-electron chi connectivity index (χ0n) is 17.8. The van der Waals surface area contributed by atoms with Gasteiger partial charge in [-0.15, -0.1) is 0 Å². The summed E-state index contributed by atoms with van der Waals surface area (Å²) in [6.45, 7) is 0.530. The van der Waals surface area contributed by atoms with Crippen LogP contribution in [0.5, 0.6) is 5.75 Å². The number of methoxy groups -OCH3 is 1. The topological polar surface area (TPSA) is 111 Å². The Morgan fingerprint density at radius 2 is 1.91 bits per heavy atom. The second-order valence-corrected chi connectivity index (χ2v) is 9.23. The van der Waals surface area contributed by atoms with Crippen molar-refractivity contribution in [1.82, 2.24) is 4.31 Å². The zero-order valence-corrected chi connectivity index (χ0v) is 19.4. The molecular formula is C22H23ClN2O7S. The van der Waals surface area contributed by atoms with E-state index in [1.54, 1.807) is 24.3 Å². The highest BCUT2D eigenvalue weighted by atomic mass is 35.5. The fourth-order valence-electron chi connectivity index (χ4n) is 3.03. The number of amides is 1. The Balaban J connectivity index is 1.60. The molecule has 1 N–H and O–H groups in total. The Bertz CT molecular complexity index is 1150. The number of nitrogens with one attached hydrogen (secondary N) is 1. The predicted octanol–water partition coefficient (Wildman–Crippen LogP) is 2.56. The average Bonchev–Trinajstić information content (AvgIpc) is 2.83. The van der Waals surface area contributed by atoms with Crippen LogP contribution in [0.25, 0.3) is 6.08 Å². The molecule has 1 heterocycles. The van der Waals surface area contributed by atoms with Gasteiger partial charge in [0.1, 0.15) is 5.75 Å². The molecule has 2 aromatic rings. The largest absolute Gasteiger partial charge is 0.496 e. The SMILES string of the molecule is COc1ccccc1/C=C/C(=O)OCC(=O)Nc1cc(S(=O)(=O)N2CCOCC2)ccc1Cl. The number of halogens is 1. The standard InChI is InChI=1S/C22H23ClN2O7S/c1-30-20-5-3-2-4-16(20)6-9-22(27)32-15-21(26)24-19-14-17(7-8-18(19)23)33(28,29)25-10-12-31-13-11-25/h2-9,14H,10-13,15H2,1H3,(H,24,26)/b9-6+. The number of ether oxygens (including phenoxy) is 3. The minimum absolute atomic E-state index is 0.0131. The van der Waals surface area contributed by atoms with E-state index >= 15 is 0 Å². The van der Waals surface area contributed by atoms with Crippen LogP contribution >= 0.6 is 11.6 Å². The lowest BCUT2D eigenvalue weighted by Gasteiger charge is -2.26. The first kappa shape index (κ1) is 24.7.